The summed E-state index contributed by atoms with van der Waals surface area (Å²) in [6.45, 7) is 0. The number of nitro benzene ring substituents is 1. The van der Waals surface area contributed by atoms with Gasteiger partial charge in [0.15, 0.2) is 0 Å². The number of hydrogen-bond acceptors (Lipinski definition) is 4. The third-order valence-electron chi connectivity index (χ3n) is 2.51. The molecule has 0 spiro atoms. The topological polar surface area (TPSA) is 61.6 Å². The van der Waals surface area contributed by atoms with Crippen LogP contribution in [-0.4, -0.2) is 37.5 Å². The van der Waals surface area contributed by atoms with Crippen molar-refractivity contribution >= 4 is 27.6 Å². The zero-order chi connectivity index (χ0) is 13.2. The van der Waals surface area contributed by atoms with Gasteiger partial charge in [0.2, 0.25) is 0 Å². The molecule has 0 radical (unpaired) electrons. The Kier molecular flexibility index (Phi) is 4.24. The van der Waals surface area contributed by atoms with Crippen LogP contribution >= 0.6 is 0 Å². The predicted octanol–water partition coefficient (Wildman–Crippen LogP) is 2.16. The summed E-state index contributed by atoms with van der Waals surface area (Å²) in [5.74, 6) is 0.625. The molecule has 0 aliphatic heterocycles. The summed E-state index contributed by atoms with van der Waals surface area (Å²) in [6, 6.07) is 3.54. The molecular formula is C11H17NO4Sn. The molecule has 0 unspecified atom stereocenters. The molecule has 6 heteroatoms. The van der Waals surface area contributed by atoms with Crippen LogP contribution in [0.4, 0.5) is 5.69 Å². The van der Waals surface area contributed by atoms with Crippen LogP contribution in [0.25, 0.3) is 0 Å². The SMILES string of the molecule is COc1cc[c]([Sn]([CH3])([CH3])[CH3])c([N+](=O)[O-])c1OC. The molecular weight excluding hydrogens is 329 g/mol. The van der Waals surface area contributed by atoms with Crippen LogP contribution in [0.2, 0.25) is 14.8 Å². The Bertz CT molecular complexity index is 440. The number of rotatable bonds is 4. The molecule has 0 aromatic heterocycles. The van der Waals surface area contributed by atoms with Crippen LogP contribution in [-0.2, 0) is 0 Å². The van der Waals surface area contributed by atoms with E-state index in [1.165, 1.54) is 14.2 Å². The van der Waals surface area contributed by atoms with Crippen molar-refractivity contribution in [3.63, 3.8) is 0 Å². The first-order chi connectivity index (χ1) is 7.82. The van der Waals surface area contributed by atoms with E-state index in [-0.39, 0.29) is 16.4 Å². The normalized spacial score (nSPS) is 11.1. The average molecular weight is 346 g/mol. The maximum atomic E-state index is 11.2. The van der Waals surface area contributed by atoms with Gasteiger partial charge in [-0.15, -0.1) is 0 Å². The fraction of sp³-hybridized carbons (Fsp3) is 0.455. The Morgan fingerprint density at radius 3 is 2.12 bits per heavy atom. The summed E-state index contributed by atoms with van der Waals surface area (Å²) in [4.78, 5) is 17.2. The van der Waals surface area contributed by atoms with E-state index in [1.807, 2.05) is 0 Å². The van der Waals surface area contributed by atoms with Gasteiger partial charge in [-0.05, 0) is 0 Å². The van der Waals surface area contributed by atoms with E-state index in [1.54, 1.807) is 12.1 Å². The molecule has 1 rings (SSSR count). The molecule has 1 aromatic rings. The van der Waals surface area contributed by atoms with Gasteiger partial charge in [-0.2, -0.15) is 0 Å². The molecule has 1 aromatic carbocycles. The molecule has 0 saturated heterocycles. The molecule has 0 aliphatic rings. The second-order valence-corrected chi connectivity index (χ2v) is 19.1. The molecule has 0 heterocycles. The van der Waals surface area contributed by atoms with Gasteiger partial charge in [-0.25, -0.2) is 0 Å². The van der Waals surface area contributed by atoms with E-state index < -0.39 is 18.4 Å². The van der Waals surface area contributed by atoms with E-state index >= 15 is 0 Å². The summed E-state index contributed by atoms with van der Waals surface area (Å²) < 4.78 is 11.1. The van der Waals surface area contributed by atoms with E-state index in [0.29, 0.717) is 5.75 Å². The first-order valence-corrected chi connectivity index (χ1v) is 15.2. The quantitative estimate of drug-likeness (QED) is 0.476. The van der Waals surface area contributed by atoms with Crippen molar-refractivity contribution in [3.05, 3.63) is 22.2 Å². The molecule has 0 atom stereocenters. The van der Waals surface area contributed by atoms with Crippen molar-refractivity contribution in [2.24, 2.45) is 0 Å². The van der Waals surface area contributed by atoms with Crippen molar-refractivity contribution in [1.29, 1.82) is 0 Å². The number of ether oxygens (including phenoxy) is 2. The van der Waals surface area contributed by atoms with Crippen LogP contribution in [0, 0.1) is 10.1 Å². The summed E-state index contributed by atoms with van der Waals surface area (Å²) in [7, 11) is 2.90. The zero-order valence-electron chi connectivity index (χ0n) is 10.7. The molecule has 0 amide bonds. The number of benzene rings is 1. The van der Waals surface area contributed by atoms with E-state index in [9.17, 15) is 10.1 Å². The predicted molar refractivity (Wildman–Crippen MR) is 69.2 cm³/mol. The van der Waals surface area contributed by atoms with Crippen molar-refractivity contribution in [3.8, 4) is 11.5 Å². The first-order valence-electron chi connectivity index (χ1n) is 5.22. The third-order valence-corrected chi connectivity index (χ3v) is 8.27. The molecule has 0 fully saturated rings. The Hall–Kier alpha value is -0.981. The number of methoxy groups -OCH3 is 2. The van der Waals surface area contributed by atoms with Gasteiger partial charge in [-0.3, -0.25) is 0 Å². The Labute approximate surface area is 105 Å². The zero-order valence-corrected chi connectivity index (χ0v) is 13.6. The number of nitrogens with zero attached hydrogens (tertiary/aromatic N) is 1. The van der Waals surface area contributed by atoms with E-state index in [4.69, 9.17) is 9.47 Å². The van der Waals surface area contributed by atoms with Gasteiger partial charge in [0.1, 0.15) is 0 Å². The van der Waals surface area contributed by atoms with Crippen molar-refractivity contribution in [2.45, 2.75) is 14.8 Å². The Balaban J connectivity index is 3.59. The van der Waals surface area contributed by atoms with Crippen LogP contribution in [0.15, 0.2) is 12.1 Å². The minimum atomic E-state index is -2.55. The molecule has 17 heavy (non-hydrogen) atoms. The monoisotopic (exact) mass is 347 g/mol. The van der Waals surface area contributed by atoms with E-state index in [0.717, 1.165) is 3.58 Å². The van der Waals surface area contributed by atoms with Crippen molar-refractivity contribution in [2.75, 3.05) is 14.2 Å². The number of hydrogen-bond donors (Lipinski definition) is 0. The summed E-state index contributed by atoms with van der Waals surface area (Å²) >= 11 is -2.55. The molecule has 94 valence electrons. The van der Waals surface area contributed by atoms with E-state index in [2.05, 4.69) is 14.8 Å². The second kappa shape index (κ2) is 5.12. The van der Waals surface area contributed by atoms with Gasteiger partial charge < -0.3 is 0 Å². The molecule has 5 nitrogen and oxygen atoms in total. The van der Waals surface area contributed by atoms with Crippen molar-refractivity contribution < 1.29 is 14.4 Å². The number of nitro groups is 1. The molecule has 0 N–H and O–H groups in total. The van der Waals surface area contributed by atoms with Crippen LogP contribution in [0.3, 0.4) is 0 Å². The standard InChI is InChI=1S/C8H8NO4.3CH3.Sn/c1-12-7-5-3-4-6(9(10)11)8(7)13-2;;;;/h3,5H,1-2H3;3*1H3;. The fourth-order valence-electron chi connectivity index (χ4n) is 1.70. The van der Waals surface area contributed by atoms with Gasteiger partial charge in [0, 0.05) is 0 Å². The maximum absolute atomic E-state index is 11.2. The minimum absolute atomic E-state index is 0.0650. The summed E-state index contributed by atoms with van der Waals surface area (Å²) in [5, 5.41) is 11.2. The fourth-order valence-corrected chi connectivity index (χ4v) is 5.97. The van der Waals surface area contributed by atoms with Gasteiger partial charge in [-0.1, -0.05) is 0 Å². The molecule has 0 bridgehead atoms. The van der Waals surface area contributed by atoms with Crippen LogP contribution < -0.4 is 13.1 Å². The second-order valence-electron chi connectivity index (χ2n) is 4.70. The summed E-state index contributed by atoms with van der Waals surface area (Å²) in [5.41, 5.74) is 0.0650. The first kappa shape index (κ1) is 14.1. The van der Waals surface area contributed by atoms with Crippen molar-refractivity contribution in [1.82, 2.24) is 0 Å². The van der Waals surface area contributed by atoms with Gasteiger partial charge >= 0.3 is 105 Å². The summed E-state index contributed by atoms with van der Waals surface area (Å²) in [6.07, 6.45) is 0. The molecule has 0 saturated carbocycles. The average Bonchev–Trinajstić information content (AvgIpc) is 2.25. The Morgan fingerprint density at radius 2 is 1.76 bits per heavy atom. The van der Waals surface area contributed by atoms with Crippen LogP contribution in [0.1, 0.15) is 0 Å². The third kappa shape index (κ3) is 2.82. The Morgan fingerprint density at radius 1 is 1.18 bits per heavy atom. The van der Waals surface area contributed by atoms with Gasteiger partial charge in [0.25, 0.3) is 0 Å². The van der Waals surface area contributed by atoms with Gasteiger partial charge in [0.05, 0.1) is 0 Å². The molecule has 0 aliphatic carbocycles. The van der Waals surface area contributed by atoms with Crippen LogP contribution in [0.5, 0.6) is 11.5 Å².